The minimum Gasteiger partial charge on any atom is -0.327 e. The van der Waals surface area contributed by atoms with Crippen LogP contribution in [0.25, 0.3) is 0 Å². The van der Waals surface area contributed by atoms with Crippen LogP contribution < -0.4 is 5.73 Å². The molecule has 1 saturated carbocycles. The second kappa shape index (κ2) is 5.66. The Balaban J connectivity index is 1.60. The van der Waals surface area contributed by atoms with E-state index in [0.717, 1.165) is 18.4 Å². The molecular formula is C17H18N2O2. The number of nitrogens with zero attached hydrogens (tertiary/aromatic N) is 1. The minimum absolute atomic E-state index is 0.108. The van der Waals surface area contributed by atoms with Gasteiger partial charge in [-0.3, -0.25) is 10.1 Å². The average Bonchev–Trinajstić information content (AvgIpc) is 3.29. The summed E-state index contributed by atoms with van der Waals surface area (Å²) in [6.45, 7) is 0. The van der Waals surface area contributed by atoms with E-state index in [0.29, 0.717) is 11.8 Å². The summed E-state index contributed by atoms with van der Waals surface area (Å²) in [5.41, 5.74) is 8.85. The Kier molecular flexibility index (Phi) is 3.71. The molecule has 2 N–H and O–H groups in total. The highest BCUT2D eigenvalue weighted by molar-refractivity contribution is 5.34. The molecule has 3 unspecified atom stereocenters. The van der Waals surface area contributed by atoms with E-state index in [9.17, 15) is 10.1 Å². The fourth-order valence-electron chi connectivity index (χ4n) is 2.95. The van der Waals surface area contributed by atoms with Crippen LogP contribution in [0.1, 0.15) is 23.5 Å². The number of nitro groups is 1. The van der Waals surface area contributed by atoms with Gasteiger partial charge in [0.1, 0.15) is 0 Å². The molecule has 108 valence electrons. The highest BCUT2D eigenvalue weighted by atomic mass is 16.6. The smallest absolute Gasteiger partial charge is 0.269 e. The van der Waals surface area contributed by atoms with Gasteiger partial charge in [0.25, 0.3) is 5.69 Å². The van der Waals surface area contributed by atoms with E-state index in [1.807, 2.05) is 6.07 Å². The zero-order chi connectivity index (χ0) is 14.8. The number of hydrogen-bond donors (Lipinski definition) is 1. The van der Waals surface area contributed by atoms with Crippen LogP contribution in [0.3, 0.4) is 0 Å². The van der Waals surface area contributed by atoms with Crippen LogP contribution in [0.4, 0.5) is 5.69 Å². The van der Waals surface area contributed by atoms with Gasteiger partial charge >= 0.3 is 0 Å². The Morgan fingerprint density at radius 3 is 2.43 bits per heavy atom. The van der Waals surface area contributed by atoms with Crippen LogP contribution in [-0.2, 0) is 6.42 Å². The van der Waals surface area contributed by atoms with Gasteiger partial charge in [-0.1, -0.05) is 42.5 Å². The molecule has 1 aliphatic carbocycles. The quantitative estimate of drug-likeness (QED) is 0.676. The first-order valence-electron chi connectivity index (χ1n) is 7.19. The summed E-state index contributed by atoms with van der Waals surface area (Å²) in [7, 11) is 0. The van der Waals surface area contributed by atoms with Crippen LogP contribution >= 0.6 is 0 Å². The van der Waals surface area contributed by atoms with Gasteiger partial charge in [-0.25, -0.2) is 0 Å². The van der Waals surface area contributed by atoms with E-state index in [2.05, 4.69) is 24.3 Å². The van der Waals surface area contributed by atoms with Crippen molar-refractivity contribution in [2.45, 2.75) is 24.8 Å². The average molecular weight is 282 g/mol. The molecule has 0 amide bonds. The van der Waals surface area contributed by atoms with E-state index in [1.54, 1.807) is 24.3 Å². The van der Waals surface area contributed by atoms with Crippen LogP contribution in [0.2, 0.25) is 0 Å². The van der Waals surface area contributed by atoms with Gasteiger partial charge in [0.05, 0.1) is 4.92 Å². The predicted molar refractivity (Wildman–Crippen MR) is 82.1 cm³/mol. The lowest BCUT2D eigenvalue weighted by atomic mass is 9.99. The third kappa shape index (κ3) is 3.11. The van der Waals surface area contributed by atoms with Crippen molar-refractivity contribution < 1.29 is 4.92 Å². The fraction of sp³-hybridized carbons (Fsp3) is 0.294. The number of benzene rings is 2. The zero-order valence-corrected chi connectivity index (χ0v) is 11.7. The van der Waals surface area contributed by atoms with Crippen molar-refractivity contribution in [3.8, 4) is 0 Å². The number of rotatable bonds is 5. The zero-order valence-electron chi connectivity index (χ0n) is 11.7. The molecule has 3 atom stereocenters. The van der Waals surface area contributed by atoms with Crippen LogP contribution in [-0.4, -0.2) is 11.0 Å². The molecule has 2 aromatic rings. The molecule has 4 nitrogen and oxygen atoms in total. The Bertz CT molecular complexity index is 625. The topological polar surface area (TPSA) is 69.2 Å². The molecule has 0 aromatic heterocycles. The van der Waals surface area contributed by atoms with Crippen molar-refractivity contribution in [2.24, 2.45) is 11.7 Å². The van der Waals surface area contributed by atoms with E-state index in [1.165, 1.54) is 5.56 Å². The van der Waals surface area contributed by atoms with Crippen molar-refractivity contribution in [3.63, 3.8) is 0 Å². The van der Waals surface area contributed by atoms with Gasteiger partial charge in [-0.15, -0.1) is 0 Å². The van der Waals surface area contributed by atoms with Crippen molar-refractivity contribution in [1.29, 1.82) is 0 Å². The molecule has 0 radical (unpaired) electrons. The third-order valence-corrected chi connectivity index (χ3v) is 4.24. The molecule has 21 heavy (non-hydrogen) atoms. The molecule has 2 aromatic carbocycles. The van der Waals surface area contributed by atoms with E-state index >= 15 is 0 Å². The van der Waals surface area contributed by atoms with E-state index in [-0.39, 0.29) is 16.7 Å². The molecule has 0 spiro atoms. The van der Waals surface area contributed by atoms with Crippen molar-refractivity contribution in [3.05, 3.63) is 75.8 Å². The molecule has 0 heterocycles. The summed E-state index contributed by atoms with van der Waals surface area (Å²) in [5.74, 6) is 1.09. The maximum Gasteiger partial charge on any atom is 0.269 e. The molecule has 1 aliphatic rings. The van der Waals surface area contributed by atoms with Crippen LogP contribution in [0.15, 0.2) is 54.6 Å². The van der Waals surface area contributed by atoms with E-state index in [4.69, 9.17) is 5.73 Å². The SMILES string of the molecule is NC(Cc1ccc([N+](=O)[O-])cc1)C1CC1c1ccccc1. The van der Waals surface area contributed by atoms with Gasteiger partial charge in [-0.2, -0.15) is 0 Å². The molecular weight excluding hydrogens is 264 g/mol. The normalized spacial score (nSPS) is 21.8. The molecule has 1 fully saturated rings. The molecule has 3 rings (SSSR count). The Morgan fingerprint density at radius 2 is 1.81 bits per heavy atom. The third-order valence-electron chi connectivity index (χ3n) is 4.24. The van der Waals surface area contributed by atoms with Crippen molar-refractivity contribution in [1.82, 2.24) is 0 Å². The Hall–Kier alpha value is -2.20. The summed E-state index contributed by atoms with van der Waals surface area (Å²) in [5, 5.41) is 10.6. The predicted octanol–water partition coefficient (Wildman–Crippen LogP) is 3.27. The van der Waals surface area contributed by atoms with Gasteiger partial charge in [0.2, 0.25) is 0 Å². The van der Waals surface area contributed by atoms with Crippen molar-refractivity contribution in [2.75, 3.05) is 0 Å². The highest BCUT2D eigenvalue weighted by Crippen LogP contribution is 2.49. The second-order valence-electron chi connectivity index (χ2n) is 5.71. The summed E-state index contributed by atoms with van der Waals surface area (Å²) in [6.07, 6.45) is 1.91. The first-order valence-corrected chi connectivity index (χ1v) is 7.19. The summed E-state index contributed by atoms with van der Waals surface area (Å²) < 4.78 is 0. The summed E-state index contributed by atoms with van der Waals surface area (Å²) in [4.78, 5) is 10.3. The number of hydrogen-bond acceptors (Lipinski definition) is 3. The molecule has 0 aliphatic heterocycles. The van der Waals surface area contributed by atoms with Crippen LogP contribution in [0, 0.1) is 16.0 Å². The lowest BCUT2D eigenvalue weighted by Crippen LogP contribution is -2.25. The van der Waals surface area contributed by atoms with Gasteiger partial charge in [0.15, 0.2) is 0 Å². The maximum absolute atomic E-state index is 10.6. The Labute approximate surface area is 123 Å². The maximum atomic E-state index is 10.6. The lowest BCUT2D eigenvalue weighted by Gasteiger charge is -2.11. The van der Waals surface area contributed by atoms with Gasteiger partial charge in [-0.05, 0) is 35.8 Å². The van der Waals surface area contributed by atoms with E-state index < -0.39 is 0 Å². The number of nitrogens with two attached hydrogens (primary N) is 1. The molecule has 0 saturated heterocycles. The number of nitro benzene ring substituents is 1. The Morgan fingerprint density at radius 1 is 1.14 bits per heavy atom. The van der Waals surface area contributed by atoms with Crippen LogP contribution in [0.5, 0.6) is 0 Å². The first-order chi connectivity index (χ1) is 10.1. The van der Waals surface area contributed by atoms with Gasteiger partial charge < -0.3 is 5.73 Å². The monoisotopic (exact) mass is 282 g/mol. The first kappa shape index (κ1) is 13.8. The highest BCUT2D eigenvalue weighted by Gasteiger charge is 2.42. The summed E-state index contributed by atoms with van der Waals surface area (Å²) >= 11 is 0. The largest absolute Gasteiger partial charge is 0.327 e. The van der Waals surface area contributed by atoms with Crippen molar-refractivity contribution >= 4 is 5.69 Å². The fourth-order valence-corrected chi connectivity index (χ4v) is 2.95. The van der Waals surface area contributed by atoms with Gasteiger partial charge in [0, 0.05) is 18.2 Å². The minimum atomic E-state index is -0.379. The molecule has 4 heteroatoms. The standard InChI is InChI=1S/C17H18N2O2/c18-17(10-12-6-8-14(9-7-12)19(20)21)16-11-15(16)13-4-2-1-3-5-13/h1-9,15-17H,10-11,18H2. The second-order valence-corrected chi connectivity index (χ2v) is 5.71. The lowest BCUT2D eigenvalue weighted by molar-refractivity contribution is -0.384. The number of non-ortho nitro benzene ring substituents is 1. The molecule has 0 bridgehead atoms. The summed E-state index contributed by atoms with van der Waals surface area (Å²) in [6, 6.07) is 17.3.